The zero-order valence-corrected chi connectivity index (χ0v) is 17.8. The van der Waals surface area contributed by atoms with Crippen LogP contribution in [0.5, 0.6) is 5.75 Å². The van der Waals surface area contributed by atoms with Crippen LogP contribution in [0.15, 0.2) is 29.3 Å². The molecule has 7 heteroatoms. The van der Waals surface area contributed by atoms with Crippen LogP contribution < -0.4 is 15.4 Å². The fraction of sp³-hybridized carbons (Fsp3) is 0.667. The third-order valence-electron chi connectivity index (χ3n) is 4.44. The van der Waals surface area contributed by atoms with Gasteiger partial charge in [-0.05, 0) is 57.2 Å². The Hall–Kier alpha value is -1.50. The van der Waals surface area contributed by atoms with Crippen LogP contribution in [-0.2, 0) is 9.47 Å². The monoisotopic (exact) mass is 411 g/mol. The maximum atomic E-state index is 5.99. The smallest absolute Gasteiger partial charge is 0.191 e. The summed E-state index contributed by atoms with van der Waals surface area (Å²) in [5.41, 5.74) is 0. The number of halogens is 1. The number of benzene rings is 1. The minimum Gasteiger partial charge on any atom is -0.489 e. The van der Waals surface area contributed by atoms with E-state index in [2.05, 4.69) is 22.5 Å². The minimum absolute atomic E-state index is 0.0447. The second-order valence-corrected chi connectivity index (χ2v) is 7.45. The zero-order chi connectivity index (χ0) is 20.0. The molecular formula is C21H34ClN3O3. The number of nitrogens with zero attached hydrogens (tertiary/aromatic N) is 1. The maximum Gasteiger partial charge on any atom is 0.191 e. The molecular weight excluding hydrogens is 378 g/mol. The predicted octanol–water partition coefficient (Wildman–Crippen LogP) is 3.50. The van der Waals surface area contributed by atoms with E-state index in [1.165, 1.54) is 0 Å². The van der Waals surface area contributed by atoms with E-state index in [0.717, 1.165) is 70.5 Å². The number of hydrogen-bond acceptors (Lipinski definition) is 4. The van der Waals surface area contributed by atoms with Crippen LogP contribution in [0.4, 0.5) is 0 Å². The zero-order valence-electron chi connectivity index (χ0n) is 17.1. The molecule has 0 radical (unpaired) electrons. The average molecular weight is 412 g/mol. The molecule has 6 nitrogen and oxygen atoms in total. The Morgan fingerprint density at radius 2 is 2.14 bits per heavy atom. The summed E-state index contributed by atoms with van der Waals surface area (Å²) in [4.78, 5) is 4.60. The fourth-order valence-electron chi connectivity index (χ4n) is 2.92. The predicted molar refractivity (Wildman–Crippen MR) is 115 cm³/mol. The van der Waals surface area contributed by atoms with E-state index in [4.69, 9.17) is 25.8 Å². The lowest BCUT2D eigenvalue weighted by molar-refractivity contribution is 0.0203. The highest BCUT2D eigenvalue weighted by molar-refractivity contribution is 6.30. The van der Waals surface area contributed by atoms with Crippen molar-refractivity contribution in [3.8, 4) is 5.75 Å². The quantitative estimate of drug-likeness (QED) is 0.331. The second kappa shape index (κ2) is 13.6. The van der Waals surface area contributed by atoms with Crippen LogP contribution in [0, 0.1) is 5.92 Å². The van der Waals surface area contributed by atoms with Crippen LogP contribution in [0.1, 0.15) is 33.1 Å². The average Bonchev–Trinajstić information content (AvgIpc) is 2.69. The van der Waals surface area contributed by atoms with Crippen molar-refractivity contribution in [1.82, 2.24) is 10.6 Å². The highest BCUT2D eigenvalue weighted by Crippen LogP contribution is 2.18. The Labute approximate surface area is 174 Å². The van der Waals surface area contributed by atoms with Crippen molar-refractivity contribution in [1.29, 1.82) is 0 Å². The first-order valence-corrected chi connectivity index (χ1v) is 10.6. The summed E-state index contributed by atoms with van der Waals surface area (Å²) in [5.74, 6) is 2.21. The van der Waals surface area contributed by atoms with E-state index >= 15 is 0 Å². The van der Waals surface area contributed by atoms with E-state index < -0.39 is 0 Å². The Kier molecular flexibility index (Phi) is 11.1. The summed E-state index contributed by atoms with van der Waals surface area (Å²) < 4.78 is 17.0. The molecule has 158 valence electrons. The van der Waals surface area contributed by atoms with Crippen molar-refractivity contribution < 1.29 is 14.2 Å². The van der Waals surface area contributed by atoms with Crippen LogP contribution >= 0.6 is 11.6 Å². The molecule has 0 saturated carbocycles. The third-order valence-corrected chi connectivity index (χ3v) is 4.67. The Morgan fingerprint density at radius 3 is 2.89 bits per heavy atom. The SMILES string of the molecule is CCNC(=NCC(C)Oc1cccc(Cl)c1)NCCCOCC1CCOCC1. The Balaban J connectivity index is 1.62. The molecule has 1 unspecified atom stereocenters. The van der Waals surface area contributed by atoms with Crippen LogP contribution in [0.2, 0.25) is 5.02 Å². The van der Waals surface area contributed by atoms with Gasteiger partial charge >= 0.3 is 0 Å². The van der Waals surface area contributed by atoms with Crippen molar-refractivity contribution in [3.05, 3.63) is 29.3 Å². The molecule has 28 heavy (non-hydrogen) atoms. The molecule has 1 saturated heterocycles. The van der Waals surface area contributed by atoms with Gasteiger partial charge in [0.2, 0.25) is 0 Å². The summed E-state index contributed by atoms with van der Waals surface area (Å²) >= 11 is 5.99. The third kappa shape index (κ3) is 9.62. The molecule has 1 aromatic carbocycles. The van der Waals surface area contributed by atoms with Gasteiger partial charge in [0.1, 0.15) is 11.9 Å². The molecule has 1 atom stereocenters. The van der Waals surface area contributed by atoms with Crippen molar-refractivity contribution in [3.63, 3.8) is 0 Å². The Morgan fingerprint density at radius 1 is 1.32 bits per heavy atom. The molecule has 0 aliphatic carbocycles. The summed E-state index contributed by atoms with van der Waals surface area (Å²) in [7, 11) is 0. The summed E-state index contributed by atoms with van der Waals surface area (Å²) in [6.45, 7) is 9.60. The lowest BCUT2D eigenvalue weighted by Crippen LogP contribution is -2.38. The van der Waals surface area contributed by atoms with Gasteiger partial charge in [0.05, 0.1) is 6.54 Å². The van der Waals surface area contributed by atoms with Gasteiger partial charge in [0.15, 0.2) is 5.96 Å². The Bertz CT molecular complexity index is 580. The molecule has 1 fully saturated rings. The first kappa shape index (κ1) is 22.8. The van der Waals surface area contributed by atoms with Crippen molar-refractivity contribution in [2.45, 2.75) is 39.2 Å². The molecule has 2 rings (SSSR count). The van der Waals surface area contributed by atoms with Crippen LogP contribution in [-0.4, -0.2) is 58.1 Å². The topological polar surface area (TPSA) is 64.1 Å². The van der Waals surface area contributed by atoms with E-state index in [1.54, 1.807) is 0 Å². The van der Waals surface area contributed by atoms with E-state index in [0.29, 0.717) is 17.5 Å². The van der Waals surface area contributed by atoms with Gasteiger partial charge in [-0.25, -0.2) is 4.99 Å². The summed E-state index contributed by atoms with van der Waals surface area (Å²) in [6, 6.07) is 7.42. The molecule has 0 spiro atoms. The van der Waals surface area contributed by atoms with E-state index in [9.17, 15) is 0 Å². The number of nitrogens with one attached hydrogen (secondary N) is 2. The normalized spacial score (nSPS) is 16.6. The number of ether oxygens (including phenoxy) is 3. The van der Waals surface area contributed by atoms with Gasteiger partial charge in [0.25, 0.3) is 0 Å². The summed E-state index contributed by atoms with van der Waals surface area (Å²) in [5, 5.41) is 7.28. The van der Waals surface area contributed by atoms with Crippen molar-refractivity contribution in [2.24, 2.45) is 10.9 Å². The molecule has 2 N–H and O–H groups in total. The maximum absolute atomic E-state index is 5.99. The second-order valence-electron chi connectivity index (χ2n) is 7.02. The van der Waals surface area contributed by atoms with Gasteiger partial charge in [0, 0.05) is 44.5 Å². The van der Waals surface area contributed by atoms with E-state index in [-0.39, 0.29) is 6.10 Å². The standard InChI is InChI=1S/C21H34ClN3O3/c1-3-23-21(24-10-5-11-27-16-18-8-12-26-13-9-18)25-15-17(2)28-20-7-4-6-19(22)14-20/h4,6-7,14,17-18H,3,5,8-13,15-16H2,1-2H3,(H2,23,24,25). The van der Waals surface area contributed by atoms with Gasteiger partial charge in [-0.1, -0.05) is 17.7 Å². The first-order chi connectivity index (χ1) is 13.7. The highest BCUT2D eigenvalue weighted by Gasteiger charge is 2.13. The van der Waals surface area contributed by atoms with Gasteiger partial charge in [-0.2, -0.15) is 0 Å². The number of aliphatic imine (C=N–C) groups is 1. The number of hydrogen-bond donors (Lipinski definition) is 2. The molecule has 0 amide bonds. The molecule has 1 aromatic rings. The van der Waals surface area contributed by atoms with Gasteiger partial charge in [-0.3, -0.25) is 0 Å². The lowest BCUT2D eigenvalue weighted by atomic mass is 10.0. The van der Waals surface area contributed by atoms with Crippen LogP contribution in [0.3, 0.4) is 0 Å². The minimum atomic E-state index is -0.0447. The lowest BCUT2D eigenvalue weighted by Gasteiger charge is -2.21. The first-order valence-electron chi connectivity index (χ1n) is 10.3. The highest BCUT2D eigenvalue weighted by atomic mass is 35.5. The van der Waals surface area contributed by atoms with Gasteiger partial charge in [-0.15, -0.1) is 0 Å². The molecule has 1 heterocycles. The number of guanidine groups is 1. The summed E-state index contributed by atoms with van der Waals surface area (Å²) in [6.07, 6.45) is 3.13. The molecule has 0 bridgehead atoms. The number of rotatable bonds is 11. The van der Waals surface area contributed by atoms with Crippen molar-refractivity contribution >= 4 is 17.6 Å². The van der Waals surface area contributed by atoms with Crippen molar-refractivity contribution in [2.75, 3.05) is 46.1 Å². The fourth-order valence-corrected chi connectivity index (χ4v) is 3.10. The molecule has 1 aliphatic rings. The van der Waals surface area contributed by atoms with E-state index in [1.807, 2.05) is 31.2 Å². The molecule has 0 aromatic heterocycles. The molecule has 1 aliphatic heterocycles. The van der Waals surface area contributed by atoms with Crippen LogP contribution in [0.25, 0.3) is 0 Å². The van der Waals surface area contributed by atoms with Gasteiger partial charge < -0.3 is 24.8 Å². The largest absolute Gasteiger partial charge is 0.489 e.